The molecule has 0 radical (unpaired) electrons. The van der Waals surface area contributed by atoms with E-state index in [1.54, 1.807) is 11.3 Å². The molecule has 5 aromatic rings. The van der Waals surface area contributed by atoms with Crippen LogP contribution >= 0.6 is 27.3 Å². The largest absolute Gasteiger partial charge is 0.183 e. The van der Waals surface area contributed by atoms with Crippen molar-refractivity contribution in [3.05, 3.63) is 82.8 Å². The van der Waals surface area contributed by atoms with Crippen molar-refractivity contribution in [3.63, 3.8) is 0 Å². The summed E-state index contributed by atoms with van der Waals surface area (Å²) in [7, 11) is 0. The fraction of sp³-hybridized carbons (Fsp3) is 0. The Labute approximate surface area is 163 Å². The quantitative estimate of drug-likeness (QED) is 0.291. The summed E-state index contributed by atoms with van der Waals surface area (Å²) in [6, 6.07) is 28.0. The van der Waals surface area contributed by atoms with E-state index in [0.29, 0.717) is 0 Å². The average Bonchev–Trinajstić information content (AvgIpc) is 3.14. The standard InChI is InChI=1S/C22H13BrN2S/c23-22-25-24-21(26-22)17-8-3-7-16(13-17)19-10-4-6-15-12-11-14-5-1-2-9-18(14)20(15)19/h1-13H. The number of benzene rings is 4. The molecule has 26 heavy (non-hydrogen) atoms. The van der Waals surface area contributed by atoms with Crippen molar-refractivity contribution in [2.24, 2.45) is 0 Å². The van der Waals surface area contributed by atoms with Gasteiger partial charge in [-0.3, -0.25) is 0 Å². The van der Waals surface area contributed by atoms with Crippen LogP contribution in [0.2, 0.25) is 0 Å². The molecule has 0 bridgehead atoms. The van der Waals surface area contributed by atoms with Gasteiger partial charge in [0.1, 0.15) is 5.01 Å². The third-order valence-corrected chi connectivity index (χ3v) is 6.00. The number of aromatic nitrogens is 2. The van der Waals surface area contributed by atoms with Gasteiger partial charge in [0.15, 0.2) is 3.92 Å². The van der Waals surface area contributed by atoms with Crippen LogP contribution < -0.4 is 0 Å². The van der Waals surface area contributed by atoms with Gasteiger partial charge in [0, 0.05) is 5.56 Å². The van der Waals surface area contributed by atoms with Gasteiger partial charge < -0.3 is 0 Å². The minimum Gasteiger partial charge on any atom is -0.137 e. The molecule has 0 spiro atoms. The van der Waals surface area contributed by atoms with Crippen LogP contribution in [0.3, 0.4) is 0 Å². The molecule has 0 aliphatic rings. The van der Waals surface area contributed by atoms with Gasteiger partial charge in [0.2, 0.25) is 0 Å². The minimum absolute atomic E-state index is 0.800. The normalized spacial score (nSPS) is 11.3. The van der Waals surface area contributed by atoms with E-state index in [9.17, 15) is 0 Å². The van der Waals surface area contributed by atoms with E-state index in [2.05, 4.69) is 105 Å². The summed E-state index contributed by atoms with van der Waals surface area (Å²) in [5, 5.41) is 14.3. The number of rotatable bonds is 2. The Morgan fingerprint density at radius 2 is 1.46 bits per heavy atom. The Balaban J connectivity index is 1.78. The average molecular weight is 417 g/mol. The van der Waals surface area contributed by atoms with Gasteiger partial charge in [0.25, 0.3) is 0 Å². The highest BCUT2D eigenvalue weighted by Gasteiger charge is 2.10. The fourth-order valence-electron chi connectivity index (χ4n) is 3.44. The van der Waals surface area contributed by atoms with E-state index >= 15 is 0 Å². The maximum atomic E-state index is 4.25. The van der Waals surface area contributed by atoms with E-state index in [1.165, 1.54) is 32.7 Å². The third kappa shape index (κ3) is 2.62. The summed E-state index contributed by atoms with van der Waals surface area (Å²) in [5.74, 6) is 0. The summed E-state index contributed by atoms with van der Waals surface area (Å²) in [6.45, 7) is 0. The summed E-state index contributed by atoms with van der Waals surface area (Å²) in [4.78, 5) is 0. The van der Waals surface area contributed by atoms with Gasteiger partial charge in [-0.25, -0.2) is 0 Å². The first-order chi connectivity index (χ1) is 12.8. The van der Waals surface area contributed by atoms with E-state index in [1.807, 2.05) is 0 Å². The minimum atomic E-state index is 0.800. The van der Waals surface area contributed by atoms with E-state index in [4.69, 9.17) is 0 Å². The number of hydrogen-bond donors (Lipinski definition) is 0. The van der Waals surface area contributed by atoms with E-state index in [0.717, 1.165) is 14.5 Å². The molecule has 0 saturated carbocycles. The molecule has 0 amide bonds. The van der Waals surface area contributed by atoms with Crippen LogP contribution in [-0.2, 0) is 0 Å². The molecule has 0 atom stereocenters. The monoisotopic (exact) mass is 416 g/mol. The lowest BCUT2D eigenvalue weighted by atomic mass is 9.93. The van der Waals surface area contributed by atoms with Gasteiger partial charge in [-0.2, -0.15) is 0 Å². The smallest absolute Gasteiger partial charge is 0.137 e. The van der Waals surface area contributed by atoms with Gasteiger partial charge in [-0.05, 0) is 54.7 Å². The third-order valence-electron chi connectivity index (χ3n) is 4.59. The molecule has 0 N–H and O–H groups in total. The number of fused-ring (bicyclic) bond motifs is 3. The molecule has 0 saturated heterocycles. The highest BCUT2D eigenvalue weighted by Crippen LogP contribution is 2.36. The second-order valence-electron chi connectivity index (χ2n) is 6.13. The first-order valence-corrected chi connectivity index (χ1v) is 9.91. The maximum Gasteiger partial charge on any atom is 0.183 e. The number of halogens is 1. The summed E-state index contributed by atoms with van der Waals surface area (Å²) in [5.41, 5.74) is 3.52. The van der Waals surface area contributed by atoms with Crippen LogP contribution in [0.4, 0.5) is 0 Å². The zero-order valence-corrected chi connectivity index (χ0v) is 16.1. The van der Waals surface area contributed by atoms with Gasteiger partial charge in [0.05, 0.1) is 0 Å². The number of hydrogen-bond acceptors (Lipinski definition) is 3. The lowest BCUT2D eigenvalue weighted by Gasteiger charge is -2.11. The Kier molecular flexibility index (Phi) is 3.80. The van der Waals surface area contributed by atoms with Crippen LogP contribution in [0.5, 0.6) is 0 Å². The van der Waals surface area contributed by atoms with Crippen LogP contribution in [0.1, 0.15) is 0 Å². The van der Waals surface area contributed by atoms with Crippen molar-refractivity contribution < 1.29 is 0 Å². The second-order valence-corrected chi connectivity index (χ2v) is 8.38. The summed E-state index contributed by atoms with van der Waals surface area (Å²) >= 11 is 4.94. The molecule has 0 aliphatic heterocycles. The Hall–Kier alpha value is -2.56. The molecular weight excluding hydrogens is 404 g/mol. The van der Waals surface area contributed by atoms with Crippen LogP contribution in [0, 0.1) is 0 Å². The molecule has 2 nitrogen and oxygen atoms in total. The summed E-state index contributed by atoms with van der Waals surface area (Å²) in [6.07, 6.45) is 0. The van der Waals surface area contributed by atoms with Crippen molar-refractivity contribution in [1.82, 2.24) is 10.2 Å². The lowest BCUT2D eigenvalue weighted by molar-refractivity contribution is 1.08. The molecule has 4 aromatic carbocycles. The number of nitrogens with zero attached hydrogens (tertiary/aromatic N) is 2. The molecule has 1 heterocycles. The zero-order valence-electron chi connectivity index (χ0n) is 13.7. The fourth-order valence-corrected chi connectivity index (χ4v) is 4.55. The predicted octanol–water partition coefficient (Wildman–Crippen LogP) is 6.94. The molecule has 5 rings (SSSR count). The van der Waals surface area contributed by atoms with Gasteiger partial charge in [-0.15, -0.1) is 10.2 Å². The van der Waals surface area contributed by atoms with Gasteiger partial charge in [-0.1, -0.05) is 84.1 Å². The highest BCUT2D eigenvalue weighted by molar-refractivity contribution is 9.11. The van der Waals surface area contributed by atoms with Crippen LogP contribution in [-0.4, -0.2) is 10.2 Å². The Morgan fingerprint density at radius 1 is 0.692 bits per heavy atom. The van der Waals surface area contributed by atoms with Crippen LogP contribution in [0.25, 0.3) is 43.2 Å². The molecule has 124 valence electrons. The van der Waals surface area contributed by atoms with E-state index in [-0.39, 0.29) is 0 Å². The van der Waals surface area contributed by atoms with Crippen molar-refractivity contribution in [2.75, 3.05) is 0 Å². The molecule has 0 fully saturated rings. The SMILES string of the molecule is Brc1nnc(-c2cccc(-c3cccc4ccc5ccccc5c34)c2)s1. The van der Waals surface area contributed by atoms with Crippen molar-refractivity contribution in [3.8, 4) is 21.7 Å². The molecule has 0 aliphatic carbocycles. The van der Waals surface area contributed by atoms with Gasteiger partial charge >= 0.3 is 0 Å². The predicted molar refractivity (Wildman–Crippen MR) is 113 cm³/mol. The molecule has 4 heteroatoms. The summed E-state index contributed by atoms with van der Waals surface area (Å²) < 4.78 is 0.800. The lowest BCUT2D eigenvalue weighted by Crippen LogP contribution is -1.85. The highest BCUT2D eigenvalue weighted by atomic mass is 79.9. The molecule has 0 unspecified atom stereocenters. The maximum absolute atomic E-state index is 4.25. The Morgan fingerprint density at radius 3 is 2.35 bits per heavy atom. The molecular formula is C22H13BrN2S. The Bertz CT molecular complexity index is 1260. The topological polar surface area (TPSA) is 25.8 Å². The molecule has 1 aromatic heterocycles. The van der Waals surface area contributed by atoms with Crippen molar-refractivity contribution in [2.45, 2.75) is 0 Å². The van der Waals surface area contributed by atoms with Crippen molar-refractivity contribution >= 4 is 48.8 Å². The second kappa shape index (κ2) is 6.31. The van der Waals surface area contributed by atoms with E-state index < -0.39 is 0 Å². The first-order valence-electron chi connectivity index (χ1n) is 8.30. The van der Waals surface area contributed by atoms with Crippen molar-refractivity contribution in [1.29, 1.82) is 0 Å². The zero-order chi connectivity index (χ0) is 17.5. The first kappa shape index (κ1) is 15.7. The van der Waals surface area contributed by atoms with Crippen LogP contribution in [0.15, 0.2) is 82.8 Å².